The lowest BCUT2D eigenvalue weighted by Gasteiger charge is -2.23. The number of hydrogen-bond donors (Lipinski definition) is 3. The summed E-state index contributed by atoms with van der Waals surface area (Å²) in [6.07, 6.45) is 0. The second kappa shape index (κ2) is 10.1. The molecule has 0 aliphatic carbocycles. The minimum Gasteiger partial charge on any atom is -0.497 e. The third kappa shape index (κ3) is 5.66. The highest BCUT2D eigenvalue weighted by molar-refractivity contribution is 7.09. The molecule has 33 heavy (non-hydrogen) atoms. The first-order chi connectivity index (χ1) is 15.7. The first-order valence-electron chi connectivity index (χ1n) is 10.0. The number of aryl methyl sites for hydroxylation is 2. The van der Waals surface area contributed by atoms with Gasteiger partial charge in [0.1, 0.15) is 17.2 Å². The molecule has 5 N–H and O–H groups in total. The highest BCUT2D eigenvalue weighted by Crippen LogP contribution is 2.27. The van der Waals surface area contributed by atoms with Crippen LogP contribution in [0, 0.1) is 13.8 Å². The van der Waals surface area contributed by atoms with Crippen LogP contribution in [0.3, 0.4) is 0 Å². The molecule has 1 heterocycles. The van der Waals surface area contributed by atoms with Gasteiger partial charge in [0.2, 0.25) is 5.91 Å². The van der Waals surface area contributed by atoms with Gasteiger partial charge in [-0.1, -0.05) is 18.2 Å². The molecule has 3 aromatic rings. The number of rotatable bonds is 8. The quantitative estimate of drug-likeness (QED) is 0.465. The van der Waals surface area contributed by atoms with Crippen LogP contribution in [-0.2, 0) is 11.3 Å². The maximum atomic E-state index is 13.4. The number of ether oxygens (including phenoxy) is 1. The van der Waals surface area contributed by atoms with Gasteiger partial charge in [-0.25, -0.2) is 0 Å². The van der Waals surface area contributed by atoms with Gasteiger partial charge in [0, 0.05) is 12.2 Å². The van der Waals surface area contributed by atoms with Crippen LogP contribution in [0.15, 0.2) is 42.5 Å². The zero-order valence-electron chi connectivity index (χ0n) is 18.5. The minimum atomic E-state index is -0.821. The van der Waals surface area contributed by atoms with E-state index in [9.17, 15) is 14.4 Å². The van der Waals surface area contributed by atoms with Crippen LogP contribution in [0.2, 0.25) is 0 Å². The third-order valence-corrected chi connectivity index (χ3v) is 5.72. The van der Waals surface area contributed by atoms with Crippen molar-refractivity contribution in [1.29, 1.82) is 0 Å². The lowest BCUT2D eigenvalue weighted by Crippen LogP contribution is -2.40. The predicted molar refractivity (Wildman–Crippen MR) is 127 cm³/mol. The van der Waals surface area contributed by atoms with Crippen LogP contribution in [0.1, 0.15) is 36.9 Å². The van der Waals surface area contributed by atoms with E-state index in [-0.39, 0.29) is 35.3 Å². The fourth-order valence-corrected chi connectivity index (χ4v) is 4.04. The fraction of sp³-hybridized carbons (Fsp3) is 0.217. The topological polar surface area (TPSA) is 141 Å². The van der Waals surface area contributed by atoms with Crippen LogP contribution in [-0.4, -0.2) is 35.7 Å². The van der Waals surface area contributed by atoms with Gasteiger partial charge < -0.3 is 21.5 Å². The van der Waals surface area contributed by atoms with Crippen molar-refractivity contribution in [2.24, 2.45) is 5.73 Å². The van der Waals surface area contributed by atoms with Crippen molar-refractivity contribution in [3.63, 3.8) is 0 Å². The van der Waals surface area contributed by atoms with E-state index in [4.69, 9.17) is 16.2 Å². The van der Waals surface area contributed by atoms with Gasteiger partial charge in [0.15, 0.2) is 5.69 Å². The summed E-state index contributed by atoms with van der Waals surface area (Å²) in [6, 6.07) is 12.8. The van der Waals surface area contributed by atoms with E-state index >= 15 is 0 Å². The van der Waals surface area contributed by atoms with Crippen molar-refractivity contribution < 1.29 is 19.1 Å². The van der Waals surface area contributed by atoms with Crippen LogP contribution < -0.4 is 26.4 Å². The number of anilines is 2. The Labute approximate surface area is 195 Å². The van der Waals surface area contributed by atoms with Gasteiger partial charge in [-0.15, -0.1) is 0 Å². The molecule has 0 saturated heterocycles. The zero-order chi connectivity index (χ0) is 24.1. The van der Waals surface area contributed by atoms with Crippen LogP contribution in [0.5, 0.6) is 5.75 Å². The first kappa shape index (κ1) is 23.7. The maximum absolute atomic E-state index is 13.4. The first-order valence-corrected chi connectivity index (χ1v) is 10.8. The molecule has 172 valence electrons. The van der Waals surface area contributed by atoms with E-state index in [1.807, 2.05) is 32.0 Å². The monoisotopic (exact) mass is 467 g/mol. The summed E-state index contributed by atoms with van der Waals surface area (Å²) in [5.74, 6) is -1.01. The third-order valence-electron chi connectivity index (χ3n) is 4.87. The molecule has 0 saturated carbocycles. The molecule has 10 heteroatoms. The van der Waals surface area contributed by atoms with Gasteiger partial charge in [0.25, 0.3) is 11.8 Å². The molecule has 1 aromatic heterocycles. The zero-order valence-corrected chi connectivity index (χ0v) is 19.4. The number of methoxy groups -OCH3 is 1. The Kier molecular flexibility index (Phi) is 7.29. The predicted octanol–water partition coefficient (Wildman–Crippen LogP) is 2.41. The molecule has 0 aliphatic rings. The number of aromatic nitrogens is 1. The van der Waals surface area contributed by atoms with Crippen LogP contribution in [0.4, 0.5) is 11.4 Å². The number of nitrogens with two attached hydrogens (primary N) is 2. The molecule has 0 spiro atoms. The highest BCUT2D eigenvalue weighted by Gasteiger charge is 2.27. The van der Waals surface area contributed by atoms with E-state index in [0.717, 1.165) is 28.2 Å². The maximum Gasteiger partial charge on any atom is 0.272 e. The molecule has 3 amide bonds. The normalized spacial score (nSPS) is 10.5. The Bertz CT molecular complexity index is 1170. The van der Waals surface area contributed by atoms with Gasteiger partial charge in [0.05, 0.1) is 12.8 Å². The molecule has 0 bridgehead atoms. The van der Waals surface area contributed by atoms with Crippen LogP contribution in [0.25, 0.3) is 0 Å². The Hall–Kier alpha value is -3.92. The fourth-order valence-electron chi connectivity index (χ4n) is 3.28. The number of carbonyl (C=O) groups excluding carboxylic acids is 3. The number of nitrogen functional groups attached to an aromatic ring is 1. The summed E-state index contributed by atoms with van der Waals surface area (Å²) in [5, 5.41) is 2.82. The molecule has 0 aliphatic heterocycles. The van der Waals surface area contributed by atoms with E-state index < -0.39 is 11.8 Å². The van der Waals surface area contributed by atoms with Crippen molar-refractivity contribution >= 4 is 40.6 Å². The lowest BCUT2D eigenvalue weighted by molar-refractivity contribution is -0.119. The largest absolute Gasteiger partial charge is 0.497 e. The van der Waals surface area contributed by atoms with Crippen molar-refractivity contribution in [2.75, 3.05) is 24.3 Å². The number of carbonyl (C=O) groups is 3. The summed E-state index contributed by atoms with van der Waals surface area (Å²) in [5.41, 5.74) is 14.3. The number of nitrogens with one attached hydrogen (secondary N) is 1. The summed E-state index contributed by atoms with van der Waals surface area (Å²) >= 11 is 0.774. The van der Waals surface area contributed by atoms with E-state index in [2.05, 4.69) is 9.69 Å². The number of hydrogen-bond acceptors (Lipinski definition) is 7. The molecule has 0 fully saturated rings. The molecule has 0 atom stereocenters. The summed E-state index contributed by atoms with van der Waals surface area (Å²) < 4.78 is 9.04. The Morgan fingerprint density at radius 1 is 1.09 bits per heavy atom. The van der Waals surface area contributed by atoms with Crippen molar-refractivity contribution in [3.05, 3.63) is 69.7 Å². The van der Waals surface area contributed by atoms with Crippen LogP contribution >= 0.6 is 11.5 Å². The van der Waals surface area contributed by atoms with Gasteiger partial charge in [-0.05, 0) is 66.3 Å². The summed E-state index contributed by atoms with van der Waals surface area (Å²) in [7, 11) is 1.58. The van der Waals surface area contributed by atoms with Crippen molar-refractivity contribution in [2.45, 2.75) is 20.4 Å². The molecule has 9 nitrogen and oxygen atoms in total. The smallest absolute Gasteiger partial charge is 0.272 e. The Balaban J connectivity index is 1.84. The standard InChI is InChI=1S/C23H25N5O4S/c1-13-8-14(2)10-16(9-13)28(23(31)21-19(24)20(22(25)30)27-33-21)12-18(29)26-11-15-4-6-17(32-3)7-5-15/h4-10H,11-12,24H2,1-3H3,(H2,25,30)(H,26,29). The summed E-state index contributed by atoms with van der Waals surface area (Å²) in [6.45, 7) is 3.83. The number of nitrogens with zero attached hydrogens (tertiary/aromatic N) is 2. The molecule has 3 rings (SSSR count). The van der Waals surface area contributed by atoms with E-state index in [0.29, 0.717) is 11.4 Å². The Morgan fingerprint density at radius 2 is 1.73 bits per heavy atom. The average Bonchev–Trinajstić information content (AvgIpc) is 3.16. The SMILES string of the molecule is COc1ccc(CNC(=O)CN(C(=O)c2snc(C(N)=O)c2N)c2cc(C)cc(C)c2)cc1. The Morgan fingerprint density at radius 3 is 2.27 bits per heavy atom. The van der Waals surface area contributed by atoms with Crippen molar-refractivity contribution in [1.82, 2.24) is 9.69 Å². The number of benzene rings is 2. The number of primary amides is 1. The highest BCUT2D eigenvalue weighted by atomic mass is 32.1. The van der Waals surface area contributed by atoms with Crippen molar-refractivity contribution in [3.8, 4) is 5.75 Å². The molecular formula is C23H25N5O4S. The molecule has 0 unspecified atom stereocenters. The average molecular weight is 468 g/mol. The van der Waals surface area contributed by atoms with Gasteiger partial charge in [-0.3, -0.25) is 19.3 Å². The molecule has 0 radical (unpaired) electrons. The summed E-state index contributed by atoms with van der Waals surface area (Å²) in [4.78, 5) is 39.0. The second-order valence-corrected chi connectivity index (χ2v) is 8.27. The minimum absolute atomic E-state index is 0.0471. The molecular weight excluding hydrogens is 442 g/mol. The van der Waals surface area contributed by atoms with E-state index in [1.54, 1.807) is 31.4 Å². The molecule has 2 aromatic carbocycles. The second-order valence-electron chi connectivity index (χ2n) is 7.50. The lowest BCUT2D eigenvalue weighted by atomic mass is 10.1. The number of amides is 3. The van der Waals surface area contributed by atoms with Gasteiger partial charge >= 0.3 is 0 Å². The van der Waals surface area contributed by atoms with Gasteiger partial charge in [-0.2, -0.15) is 4.37 Å². The van der Waals surface area contributed by atoms with E-state index in [1.165, 1.54) is 4.90 Å².